The molecule has 1 N–H and O–H groups in total. The number of carbonyl (C=O) groups is 1. The number of pyridine rings is 1. The second-order valence-electron chi connectivity index (χ2n) is 7.78. The number of nitrogens with zero attached hydrogens (tertiary/aromatic N) is 3. The van der Waals surface area contributed by atoms with Crippen LogP contribution in [0, 0.1) is 17.1 Å². The van der Waals surface area contributed by atoms with Crippen LogP contribution in [0.1, 0.15) is 34.3 Å². The second kappa shape index (κ2) is 9.50. The number of carbonyl (C=O) groups excluding carboxylic acids is 1. The number of nitrogens with one attached hydrogen (secondary N) is 1. The van der Waals surface area contributed by atoms with Crippen molar-refractivity contribution in [2.75, 3.05) is 13.1 Å². The van der Waals surface area contributed by atoms with E-state index in [1.807, 2.05) is 24.3 Å². The Balaban J connectivity index is 1.28. The number of amides is 1. The molecule has 0 aliphatic carbocycles. The van der Waals surface area contributed by atoms with Gasteiger partial charge in [0, 0.05) is 37.4 Å². The van der Waals surface area contributed by atoms with Crippen LogP contribution in [0.3, 0.4) is 0 Å². The number of rotatable bonds is 5. The van der Waals surface area contributed by atoms with Crippen molar-refractivity contribution in [2.45, 2.75) is 25.4 Å². The van der Waals surface area contributed by atoms with Crippen LogP contribution in [0.15, 0.2) is 66.9 Å². The molecule has 2 aromatic carbocycles. The minimum atomic E-state index is -0.313. The Morgan fingerprint density at radius 1 is 1.13 bits per heavy atom. The molecule has 0 radical (unpaired) electrons. The van der Waals surface area contributed by atoms with E-state index >= 15 is 0 Å². The van der Waals surface area contributed by atoms with Crippen molar-refractivity contribution >= 4 is 5.91 Å². The molecule has 31 heavy (non-hydrogen) atoms. The van der Waals surface area contributed by atoms with Gasteiger partial charge in [-0.2, -0.15) is 5.26 Å². The van der Waals surface area contributed by atoms with E-state index in [0.717, 1.165) is 32.5 Å². The van der Waals surface area contributed by atoms with Gasteiger partial charge in [-0.05, 0) is 54.8 Å². The van der Waals surface area contributed by atoms with Gasteiger partial charge in [-0.15, -0.1) is 0 Å². The average molecular weight is 414 g/mol. The van der Waals surface area contributed by atoms with E-state index in [1.165, 1.54) is 23.9 Å². The third-order valence-electron chi connectivity index (χ3n) is 5.56. The number of piperidine rings is 1. The maximum atomic E-state index is 13.4. The number of likely N-dealkylation sites (tertiary alicyclic amines) is 1. The first-order valence-corrected chi connectivity index (χ1v) is 10.3. The predicted octanol–water partition coefficient (Wildman–Crippen LogP) is 4.15. The van der Waals surface area contributed by atoms with Crippen molar-refractivity contribution in [3.05, 3.63) is 89.4 Å². The Morgan fingerprint density at radius 2 is 1.90 bits per heavy atom. The summed E-state index contributed by atoms with van der Waals surface area (Å²) in [5.74, 6) is -0.449. The van der Waals surface area contributed by atoms with Crippen molar-refractivity contribution in [2.24, 2.45) is 0 Å². The van der Waals surface area contributed by atoms with Gasteiger partial charge in [0.15, 0.2) is 0 Å². The van der Waals surface area contributed by atoms with E-state index in [-0.39, 0.29) is 17.8 Å². The van der Waals surface area contributed by atoms with E-state index < -0.39 is 0 Å². The molecule has 2 heterocycles. The molecule has 1 amide bonds. The topological polar surface area (TPSA) is 69.0 Å². The lowest BCUT2D eigenvalue weighted by molar-refractivity contribution is 0.0908. The molecule has 0 saturated carbocycles. The Hall–Kier alpha value is -3.56. The fraction of sp³-hybridized carbons (Fsp3) is 0.240. The minimum absolute atomic E-state index is 0.132. The molecule has 1 fully saturated rings. The highest BCUT2D eigenvalue weighted by Crippen LogP contribution is 2.19. The fourth-order valence-electron chi connectivity index (χ4n) is 3.79. The van der Waals surface area contributed by atoms with Gasteiger partial charge in [0.1, 0.15) is 5.82 Å². The molecule has 0 unspecified atom stereocenters. The number of hydrogen-bond acceptors (Lipinski definition) is 4. The number of hydrogen-bond donors (Lipinski definition) is 1. The van der Waals surface area contributed by atoms with Crippen LogP contribution < -0.4 is 5.32 Å². The molecule has 0 atom stereocenters. The fourth-order valence-corrected chi connectivity index (χ4v) is 3.79. The summed E-state index contributed by atoms with van der Waals surface area (Å²) in [6, 6.07) is 19.6. The summed E-state index contributed by atoms with van der Waals surface area (Å²) >= 11 is 0. The third kappa shape index (κ3) is 5.33. The van der Waals surface area contributed by atoms with Crippen LogP contribution in [0.25, 0.3) is 11.3 Å². The normalized spacial score (nSPS) is 14.7. The largest absolute Gasteiger partial charge is 0.349 e. The zero-order valence-electron chi connectivity index (χ0n) is 17.1. The quantitative estimate of drug-likeness (QED) is 0.681. The molecule has 4 rings (SSSR count). The Kier molecular flexibility index (Phi) is 6.34. The molecule has 5 nitrogen and oxygen atoms in total. The molecule has 3 aromatic rings. The average Bonchev–Trinajstić information content (AvgIpc) is 2.81. The minimum Gasteiger partial charge on any atom is -0.349 e. The van der Waals surface area contributed by atoms with Gasteiger partial charge in [0.2, 0.25) is 0 Å². The molecule has 156 valence electrons. The van der Waals surface area contributed by atoms with Crippen molar-refractivity contribution in [3.8, 4) is 17.3 Å². The van der Waals surface area contributed by atoms with Gasteiger partial charge in [0.25, 0.3) is 5.91 Å². The van der Waals surface area contributed by atoms with E-state index in [2.05, 4.69) is 21.3 Å². The maximum absolute atomic E-state index is 13.4. The summed E-state index contributed by atoms with van der Waals surface area (Å²) in [5.41, 5.74) is 3.67. The number of aromatic nitrogens is 1. The Bertz CT molecular complexity index is 1080. The third-order valence-corrected chi connectivity index (χ3v) is 5.56. The molecule has 0 spiro atoms. The van der Waals surface area contributed by atoms with Gasteiger partial charge >= 0.3 is 0 Å². The van der Waals surface area contributed by atoms with Gasteiger partial charge < -0.3 is 5.32 Å². The molecule has 1 aliphatic rings. The van der Waals surface area contributed by atoms with Crippen molar-refractivity contribution in [3.63, 3.8) is 0 Å². The van der Waals surface area contributed by atoms with Gasteiger partial charge in [0.05, 0.1) is 22.9 Å². The highest BCUT2D eigenvalue weighted by molar-refractivity contribution is 5.94. The Morgan fingerprint density at radius 3 is 2.55 bits per heavy atom. The van der Waals surface area contributed by atoms with Crippen LogP contribution >= 0.6 is 0 Å². The van der Waals surface area contributed by atoms with Gasteiger partial charge in [-0.1, -0.05) is 24.3 Å². The van der Waals surface area contributed by atoms with Crippen LogP contribution in [-0.2, 0) is 6.54 Å². The van der Waals surface area contributed by atoms with Crippen molar-refractivity contribution in [1.29, 1.82) is 5.26 Å². The van der Waals surface area contributed by atoms with Gasteiger partial charge in [-0.3, -0.25) is 14.7 Å². The predicted molar refractivity (Wildman–Crippen MR) is 117 cm³/mol. The molecule has 1 aliphatic heterocycles. The zero-order chi connectivity index (χ0) is 21.6. The van der Waals surface area contributed by atoms with E-state index in [1.54, 1.807) is 24.3 Å². The first-order chi connectivity index (χ1) is 15.1. The van der Waals surface area contributed by atoms with E-state index in [4.69, 9.17) is 5.26 Å². The van der Waals surface area contributed by atoms with Crippen LogP contribution in [0.2, 0.25) is 0 Å². The summed E-state index contributed by atoms with van der Waals surface area (Å²) in [7, 11) is 0. The monoisotopic (exact) mass is 414 g/mol. The summed E-state index contributed by atoms with van der Waals surface area (Å²) in [5, 5.41) is 12.0. The highest BCUT2D eigenvalue weighted by atomic mass is 19.1. The van der Waals surface area contributed by atoms with Crippen LogP contribution in [-0.4, -0.2) is 34.9 Å². The van der Waals surface area contributed by atoms with E-state index in [9.17, 15) is 9.18 Å². The smallest absolute Gasteiger partial charge is 0.253 e. The first-order valence-electron chi connectivity index (χ1n) is 10.3. The van der Waals surface area contributed by atoms with Crippen molar-refractivity contribution < 1.29 is 9.18 Å². The lowest BCUT2D eigenvalue weighted by atomic mass is 10.0. The number of nitriles is 1. The Labute approximate surface area is 181 Å². The molecular weight excluding hydrogens is 391 g/mol. The van der Waals surface area contributed by atoms with Crippen LogP contribution in [0.4, 0.5) is 4.39 Å². The second-order valence-corrected chi connectivity index (χ2v) is 7.78. The maximum Gasteiger partial charge on any atom is 0.253 e. The summed E-state index contributed by atoms with van der Waals surface area (Å²) in [6.45, 7) is 2.65. The number of benzene rings is 2. The summed E-state index contributed by atoms with van der Waals surface area (Å²) in [4.78, 5) is 19.3. The molecule has 1 aromatic heterocycles. The molecular formula is C25H23FN4O. The van der Waals surface area contributed by atoms with Crippen LogP contribution in [0.5, 0.6) is 0 Å². The molecule has 6 heteroatoms. The van der Waals surface area contributed by atoms with Gasteiger partial charge in [-0.25, -0.2) is 4.39 Å². The molecule has 1 saturated heterocycles. The standard InChI is InChI=1S/C25H23FN4O/c26-22-3-1-2-20(14-22)24-9-8-21(16-28-24)25(31)29-23-10-12-30(13-11-23)17-19-6-4-18(15-27)5-7-19/h1-9,14,16,23H,10-13,17H2,(H,29,31). The summed E-state index contributed by atoms with van der Waals surface area (Å²) < 4.78 is 13.4. The number of halogens is 1. The zero-order valence-corrected chi connectivity index (χ0v) is 17.1. The van der Waals surface area contributed by atoms with E-state index in [0.29, 0.717) is 22.4 Å². The lowest BCUT2D eigenvalue weighted by Crippen LogP contribution is -2.44. The first kappa shape index (κ1) is 20.7. The van der Waals surface area contributed by atoms with Crippen molar-refractivity contribution in [1.82, 2.24) is 15.2 Å². The molecule has 0 bridgehead atoms. The summed E-state index contributed by atoms with van der Waals surface area (Å²) in [6.07, 6.45) is 3.31. The SMILES string of the molecule is N#Cc1ccc(CN2CCC(NC(=O)c3ccc(-c4cccc(F)c4)nc3)CC2)cc1. The lowest BCUT2D eigenvalue weighted by Gasteiger charge is -2.32. The highest BCUT2D eigenvalue weighted by Gasteiger charge is 2.21.